The largest absolute Gasteiger partial charge is 0.507 e. The van der Waals surface area contributed by atoms with Crippen molar-refractivity contribution in [1.82, 2.24) is 0 Å². The van der Waals surface area contributed by atoms with E-state index in [2.05, 4.69) is 24.5 Å². The van der Waals surface area contributed by atoms with Crippen molar-refractivity contribution in [3.63, 3.8) is 0 Å². The molecule has 0 aliphatic carbocycles. The van der Waals surface area contributed by atoms with Gasteiger partial charge in [0.2, 0.25) is 0 Å². The van der Waals surface area contributed by atoms with Gasteiger partial charge >= 0.3 is 0 Å². The van der Waals surface area contributed by atoms with E-state index in [9.17, 15) is 5.11 Å². The Kier molecular flexibility index (Phi) is 3.07. The van der Waals surface area contributed by atoms with Gasteiger partial charge in [0.15, 0.2) is 0 Å². The molecule has 1 aromatic rings. The van der Waals surface area contributed by atoms with E-state index in [1.165, 1.54) is 0 Å². The molecule has 0 saturated carbocycles. The van der Waals surface area contributed by atoms with Gasteiger partial charge in [-0.15, -0.1) is 0 Å². The van der Waals surface area contributed by atoms with Gasteiger partial charge in [-0.2, -0.15) is 12.6 Å². The number of hydrogen-bond acceptors (Lipinski definition) is 2. The molecule has 0 bridgehead atoms. The van der Waals surface area contributed by atoms with Crippen molar-refractivity contribution in [2.75, 3.05) is 5.75 Å². The van der Waals surface area contributed by atoms with Gasteiger partial charge in [-0.1, -0.05) is 24.0 Å². The van der Waals surface area contributed by atoms with Crippen molar-refractivity contribution in [3.05, 3.63) is 29.3 Å². The smallest absolute Gasteiger partial charge is 0.131 e. The first-order chi connectivity index (χ1) is 5.75. The van der Waals surface area contributed by atoms with Crippen LogP contribution in [0, 0.1) is 18.8 Å². The third-order valence-corrected chi connectivity index (χ3v) is 1.70. The highest BCUT2D eigenvalue weighted by atomic mass is 32.1. The van der Waals surface area contributed by atoms with E-state index in [1.807, 2.05) is 13.0 Å². The van der Waals surface area contributed by atoms with Gasteiger partial charge in [-0.3, -0.25) is 0 Å². The summed E-state index contributed by atoms with van der Waals surface area (Å²) in [6.07, 6.45) is 0. The maximum absolute atomic E-state index is 9.39. The molecule has 0 spiro atoms. The maximum atomic E-state index is 9.39. The number of thiol groups is 1. The SMILES string of the molecule is Cc1cccc(O)c1C#CCS. The average molecular weight is 178 g/mol. The summed E-state index contributed by atoms with van der Waals surface area (Å²) in [7, 11) is 0. The van der Waals surface area contributed by atoms with E-state index in [4.69, 9.17) is 0 Å². The van der Waals surface area contributed by atoms with Crippen LogP contribution in [0.25, 0.3) is 0 Å². The van der Waals surface area contributed by atoms with Crippen LogP contribution in [-0.2, 0) is 0 Å². The van der Waals surface area contributed by atoms with Crippen LogP contribution in [0.5, 0.6) is 5.75 Å². The Hall–Kier alpha value is -1.07. The molecule has 1 rings (SSSR count). The second kappa shape index (κ2) is 4.08. The normalized spacial score (nSPS) is 8.83. The Morgan fingerprint density at radius 3 is 2.83 bits per heavy atom. The summed E-state index contributed by atoms with van der Waals surface area (Å²) in [4.78, 5) is 0. The molecule has 1 N–H and O–H groups in total. The van der Waals surface area contributed by atoms with Crippen LogP contribution >= 0.6 is 12.6 Å². The number of hydrogen-bond donors (Lipinski definition) is 2. The minimum Gasteiger partial charge on any atom is -0.507 e. The number of aryl methyl sites for hydroxylation is 1. The molecule has 0 fully saturated rings. The number of benzene rings is 1. The summed E-state index contributed by atoms with van der Waals surface area (Å²) >= 11 is 3.96. The Balaban J connectivity index is 3.13. The minimum atomic E-state index is 0.240. The molecule has 0 aliphatic heterocycles. The molecule has 0 aromatic heterocycles. The van der Waals surface area contributed by atoms with Gasteiger partial charge < -0.3 is 5.11 Å². The highest BCUT2D eigenvalue weighted by molar-refractivity contribution is 7.80. The summed E-state index contributed by atoms with van der Waals surface area (Å²) in [6.45, 7) is 1.92. The first-order valence-electron chi connectivity index (χ1n) is 3.64. The van der Waals surface area contributed by atoms with Gasteiger partial charge in [-0.25, -0.2) is 0 Å². The molecule has 62 valence electrons. The second-order valence-corrected chi connectivity index (χ2v) is 2.75. The van der Waals surface area contributed by atoms with E-state index >= 15 is 0 Å². The first-order valence-corrected chi connectivity index (χ1v) is 4.27. The number of rotatable bonds is 0. The number of phenols is 1. The van der Waals surface area contributed by atoms with Crippen LogP contribution in [0.15, 0.2) is 18.2 Å². The maximum Gasteiger partial charge on any atom is 0.131 e. The van der Waals surface area contributed by atoms with Gasteiger partial charge in [0.05, 0.1) is 11.3 Å². The number of aromatic hydroxyl groups is 1. The van der Waals surface area contributed by atoms with Crippen molar-refractivity contribution in [2.45, 2.75) is 6.92 Å². The third-order valence-electron chi connectivity index (χ3n) is 1.54. The third kappa shape index (κ3) is 1.96. The lowest BCUT2D eigenvalue weighted by Gasteiger charge is -1.99. The fraction of sp³-hybridized carbons (Fsp3) is 0.200. The lowest BCUT2D eigenvalue weighted by atomic mass is 10.1. The van der Waals surface area contributed by atoms with E-state index in [1.54, 1.807) is 12.1 Å². The molecule has 12 heavy (non-hydrogen) atoms. The summed E-state index contributed by atoms with van der Waals surface area (Å²) in [5.41, 5.74) is 1.69. The van der Waals surface area contributed by atoms with Crippen LogP contribution in [0.3, 0.4) is 0 Å². The molecule has 2 heteroatoms. The minimum absolute atomic E-state index is 0.240. The fourth-order valence-corrected chi connectivity index (χ4v) is 1.02. The molecule has 0 amide bonds. The highest BCUT2D eigenvalue weighted by Crippen LogP contribution is 2.18. The molecule has 0 saturated heterocycles. The van der Waals surface area contributed by atoms with Crippen LogP contribution in [-0.4, -0.2) is 10.9 Å². The quantitative estimate of drug-likeness (QED) is 0.460. The molecule has 1 nitrogen and oxygen atoms in total. The molecular formula is C10H10OS. The molecule has 0 unspecified atom stereocenters. The van der Waals surface area contributed by atoms with Crippen LogP contribution < -0.4 is 0 Å². The lowest BCUT2D eigenvalue weighted by molar-refractivity contribution is 0.473. The van der Waals surface area contributed by atoms with Crippen molar-refractivity contribution in [1.29, 1.82) is 0 Å². The van der Waals surface area contributed by atoms with Gasteiger partial charge in [0.1, 0.15) is 5.75 Å². The molecule has 0 radical (unpaired) electrons. The van der Waals surface area contributed by atoms with Crippen molar-refractivity contribution < 1.29 is 5.11 Å². The molecule has 0 heterocycles. The molecular weight excluding hydrogens is 168 g/mol. The molecule has 0 aliphatic rings. The van der Waals surface area contributed by atoms with Crippen LogP contribution in [0.2, 0.25) is 0 Å². The van der Waals surface area contributed by atoms with Crippen molar-refractivity contribution in [3.8, 4) is 17.6 Å². The Morgan fingerprint density at radius 1 is 1.50 bits per heavy atom. The Morgan fingerprint density at radius 2 is 2.25 bits per heavy atom. The number of phenolic OH excluding ortho intramolecular Hbond substituents is 1. The zero-order valence-corrected chi connectivity index (χ0v) is 7.73. The standard InChI is InChI=1S/C10H10OS/c1-8-4-2-6-10(11)9(8)5-3-7-12/h2,4,6,11-12H,7H2,1H3. The van der Waals surface area contributed by atoms with Crippen molar-refractivity contribution >= 4 is 12.6 Å². The van der Waals surface area contributed by atoms with E-state index < -0.39 is 0 Å². The van der Waals surface area contributed by atoms with E-state index in [0.29, 0.717) is 11.3 Å². The van der Waals surface area contributed by atoms with Crippen LogP contribution in [0.1, 0.15) is 11.1 Å². The Bertz CT molecular complexity index is 313. The van der Waals surface area contributed by atoms with Gasteiger partial charge in [0.25, 0.3) is 0 Å². The molecule has 1 aromatic carbocycles. The predicted octanol–water partition coefficient (Wildman–Crippen LogP) is 1.98. The predicted molar refractivity (Wildman–Crippen MR) is 53.6 cm³/mol. The average Bonchev–Trinajstić information content (AvgIpc) is 2.04. The lowest BCUT2D eigenvalue weighted by Crippen LogP contribution is -1.82. The topological polar surface area (TPSA) is 20.2 Å². The van der Waals surface area contributed by atoms with E-state index in [0.717, 1.165) is 5.56 Å². The first kappa shape index (κ1) is 9.02. The summed E-state index contributed by atoms with van der Waals surface area (Å²) < 4.78 is 0. The van der Waals surface area contributed by atoms with E-state index in [-0.39, 0.29) is 5.75 Å². The zero-order chi connectivity index (χ0) is 8.97. The van der Waals surface area contributed by atoms with Gasteiger partial charge in [-0.05, 0) is 18.6 Å². The van der Waals surface area contributed by atoms with Gasteiger partial charge in [0, 0.05) is 0 Å². The summed E-state index contributed by atoms with van der Waals surface area (Å²) in [5, 5.41) is 9.39. The second-order valence-electron chi connectivity index (χ2n) is 2.43. The van der Waals surface area contributed by atoms with Crippen molar-refractivity contribution in [2.24, 2.45) is 0 Å². The molecule has 0 atom stereocenters. The highest BCUT2D eigenvalue weighted by Gasteiger charge is 1.98. The summed E-state index contributed by atoms with van der Waals surface area (Å²) in [6, 6.07) is 5.36. The fourth-order valence-electron chi connectivity index (χ4n) is 0.943. The zero-order valence-electron chi connectivity index (χ0n) is 6.83. The van der Waals surface area contributed by atoms with Crippen LogP contribution in [0.4, 0.5) is 0 Å². The monoisotopic (exact) mass is 178 g/mol. The summed E-state index contributed by atoms with van der Waals surface area (Å²) in [5.74, 6) is 6.40. The Labute approximate surface area is 77.8 Å².